The summed E-state index contributed by atoms with van der Waals surface area (Å²) >= 11 is 0. The van der Waals surface area contributed by atoms with E-state index in [2.05, 4.69) is 12.3 Å². The van der Waals surface area contributed by atoms with Crippen LogP contribution in [0.25, 0.3) is 0 Å². The second kappa shape index (κ2) is 21.5. The molecule has 0 aliphatic rings. The van der Waals surface area contributed by atoms with Gasteiger partial charge in [-0.15, -0.1) is 12.3 Å². The van der Waals surface area contributed by atoms with Crippen LogP contribution in [0.4, 0.5) is 0 Å². The van der Waals surface area contributed by atoms with E-state index in [0.717, 1.165) is 0 Å². The molecule has 0 spiro atoms. The Kier molecular flexibility index (Phi) is 52.1. The van der Waals surface area contributed by atoms with E-state index in [-0.39, 0.29) is 6.15 Å². The van der Waals surface area contributed by atoms with Gasteiger partial charge in [0, 0.05) is 0 Å². The Bertz CT molecular complexity index is 24.8. The molecular formula is C3H7N. The molecule has 0 aromatic rings. The summed E-state index contributed by atoms with van der Waals surface area (Å²) in [6.45, 7) is 1.65. The summed E-state index contributed by atoms with van der Waals surface area (Å²) in [5.41, 5.74) is 0. The molecule has 0 aliphatic carbocycles. The lowest BCUT2D eigenvalue weighted by Crippen LogP contribution is -1.10. The minimum Gasteiger partial charge on any atom is -0.344 e. The molecule has 4 heavy (non-hydrogen) atoms. The maximum Gasteiger partial charge on any atom is -0.00297 e. The molecule has 0 unspecified atom stereocenters. The lowest BCUT2D eigenvalue weighted by Gasteiger charge is -1.23. The second-order valence-electron chi connectivity index (χ2n) is 0.289. The van der Waals surface area contributed by atoms with Crippen LogP contribution in [-0.2, 0) is 0 Å². The molecule has 0 saturated heterocycles. The standard InChI is InChI=1S/C3H4.H3N/c1-3-2;/h1H,2H3;1H3. The summed E-state index contributed by atoms with van der Waals surface area (Å²) in [5, 5.41) is 0. The molecular weight excluding hydrogens is 50.0 g/mol. The van der Waals surface area contributed by atoms with Crippen LogP contribution in [0.15, 0.2) is 0 Å². The van der Waals surface area contributed by atoms with Crippen molar-refractivity contribution in [3.63, 3.8) is 0 Å². The number of rotatable bonds is 0. The number of hydrogen-bond acceptors (Lipinski definition) is 1. The first-order valence-electron chi connectivity index (χ1n) is 0.789. The summed E-state index contributed by atoms with van der Waals surface area (Å²) in [4.78, 5) is 0. The molecule has 0 atom stereocenters. The van der Waals surface area contributed by atoms with E-state index in [1.807, 2.05) is 0 Å². The van der Waals surface area contributed by atoms with Crippen LogP contribution in [0.1, 0.15) is 6.92 Å². The Labute approximate surface area is 26.6 Å². The Hall–Kier alpha value is -0.480. The zero-order chi connectivity index (χ0) is 2.71. The Morgan fingerprint density at radius 3 is 1.75 bits per heavy atom. The highest BCUT2D eigenvalue weighted by Crippen LogP contribution is 1.21. The van der Waals surface area contributed by atoms with Crippen LogP contribution in [-0.4, -0.2) is 0 Å². The maximum atomic E-state index is 4.60. The molecule has 1 heteroatoms. The molecule has 0 aromatic carbocycles. The first kappa shape index (κ1) is 9.68. The molecule has 0 fully saturated rings. The quantitative estimate of drug-likeness (QED) is 0.410. The van der Waals surface area contributed by atoms with Crippen LogP contribution >= 0.6 is 0 Å². The molecule has 0 aliphatic heterocycles. The lowest BCUT2D eigenvalue weighted by atomic mass is 10.9. The highest BCUT2D eigenvalue weighted by molar-refractivity contribution is 4.73. The SMILES string of the molecule is C#CC.N. The molecule has 0 rings (SSSR count). The van der Waals surface area contributed by atoms with Crippen LogP contribution in [0.3, 0.4) is 0 Å². The maximum absolute atomic E-state index is 4.60. The lowest BCUT2D eigenvalue weighted by molar-refractivity contribution is 1.94. The topological polar surface area (TPSA) is 35.0 Å². The van der Waals surface area contributed by atoms with Crippen molar-refractivity contribution in [2.75, 3.05) is 0 Å². The smallest absolute Gasteiger partial charge is 0.00297 e. The molecule has 0 saturated carbocycles. The minimum absolute atomic E-state index is 0. The van der Waals surface area contributed by atoms with Gasteiger partial charge < -0.3 is 6.15 Å². The van der Waals surface area contributed by atoms with Gasteiger partial charge in [-0.05, 0) is 6.92 Å². The van der Waals surface area contributed by atoms with Crippen molar-refractivity contribution in [2.24, 2.45) is 0 Å². The highest BCUT2D eigenvalue weighted by Gasteiger charge is 1.09. The van der Waals surface area contributed by atoms with E-state index in [0.29, 0.717) is 0 Å². The van der Waals surface area contributed by atoms with Crippen molar-refractivity contribution in [2.45, 2.75) is 6.92 Å². The van der Waals surface area contributed by atoms with Crippen molar-refractivity contribution in [3.8, 4) is 12.3 Å². The van der Waals surface area contributed by atoms with E-state index in [1.165, 1.54) is 0 Å². The Morgan fingerprint density at radius 1 is 1.75 bits per heavy atom. The normalized spacial score (nSPS) is 2.00. The summed E-state index contributed by atoms with van der Waals surface area (Å²) < 4.78 is 0. The zero-order valence-electron chi connectivity index (χ0n) is 2.78. The van der Waals surface area contributed by atoms with Gasteiger partial charge in [0.15, 0.2) is 0 Å². The molecule has 3 N–H and O–H groups in total. The van der Waals surface area contributed by atoms with Gasteiger partial charge in [0.2, 0.25) is 0 Å². The average molecular weight is 57.1 g/mol. The van der Waals surface area contributed by atoms with Gasteiger partial charge in [-0.3, -0.25) is 0 Å². The van der Waals surface area contributed by atoms with Crippen molar-refractivity contribution >= 4 is 0 Å². The summed E-state index contributed by atoms with van der Waals surface area (Å²) in [5.74, 6) is 2.25. The minimum atomic E-state index is 0. The largest absolute Gasteiger partial charge is 0.344 e. The monoisotopic (exact) mass is 57.1 g/mol. The molecule has 0 heterocycles. The zero-order valence-corrected chi connectivity index (χ0v) is 2.78. The van der Waals surface area contributed by atoms with Crippen molar-refractivity contribution < 1.29 is 0 Å². The van der Waals surface area contributed by atoms with E-state index >= 15 is 0 Å². The van der Waals surface area contributed by atoms with Crippen molar-refractivity contribution in [1.82, 2.24) is 6.15 Å². The first-order chi connectivity index (χ1) is 1.41. The van der Waals surface area contributed by atoms with Crippen molar-refractivity contribution in [1.29, 1.82) is 0 Å². The average Bonchev–Trinajstić information content (AvgIpc) is 0.918. The fraction of sp³-hybridized carbons (Fsp3) is 0.333. The van der Waals surface area contributed by atoms with Gasteiger partial charge in [-0.2, -0.15) is 0 Å². The molecule has 0 amide bonds. The third-order valence-electron chi connectivity index (χ3n) is 0. The highest BCUT2D eigenvalue weighted by atomic mass is 14.0. The molecule has 24 valence electrons. The summed E-state index contributed by atoms with van der Waals surface area (Å²) in [6, 6.07) is 0. The first-order valence-corrected chi connectivity index (χ1v) is 0.789. The Morgan fingerprint density at radius 2 is 1.75 bits per heavy atom. The Balaban J connectivity index is 0. The van der Waals surface area contributed by atoms with Crippen LogP contribution in [0.2, 0.25) is 0 Å². The third-order valence-corrected chi connectivity index (χ3v) is 0. The van der Waals surface area contributed by atoms with Gasteiger partial charge in [0.25, 0.3) is 0 Å². The van der Waals surface area contributed by atoms with Crippen LogP contribution in [0.5, 0.6) is 0 Å². The molecule has 0 bridgehead atoms. The van der Waals surface area contributed by atoms with Gasteiger partial charge in [-0.1, -0.05) is 0 Å². The van der Waals surface area contributed by atoms with Crippen LogP contribution in [0, 0.1) is 12.3 Å². The fourth-order valence-corrected chi connectivity index (χ4v) is 0. The number of hydrogen-bond donors (Lipinski definition) is 1. The third kappa shape index (κ3) is 1.78. The van der Waals surface area contributed by atoms with E-state index < -0.39 is 0 Å². The van der Waals surface area contributed by atoms with E-state index in [9.17, 15) is 0 Å². The van der Waals surface area contributed by atoms with Gasteiger partial charge in [0.05, 0.1) is 0 Å². The fourth-order valence-electron chi connectivity index (χ4n) is 0. The molecule has 1 nitrogen and oxygen atoms in total. The van der Waals surface area contributed by atoms with E-state index in [1.54, 1.807) is 6.92 Å². The molecule has 0 radical (unpaired) electrons. The summed E-state index contributed by atoms with van der Waals surface area (Å²) in [7, 11) is 0. The van der Waals surface area contributed by atoms with Gasteiger partial charge in [0.1, 0.15) is 0 Å². The summed E-state index contributed by atoms with van der Waals surface area (Å²) in [6.07, 6.45) is 4.60. The van der Waals surface area contributed by atoms with Gasteiger partial charge in [-0.25, -0.2) is 0 Å². The van der Waals surface area contributed by atoms with Crippen LogP contribution < -0.4 is 6.15 Å². The molecule has 0 aromatic heterocycles. The van der Waals surface area contributed by atoms with Gasteiger partial charge >= 0.3 is 0 Å². The number of terminal acetylenes is 1. The van der Waals surface area contributed by atoms with Crippen molar-refractivity contribution in [3.05, 3.63) is 0 Å². The predicted molar refractivity (Wildman–Crippen MR) is 19.5 cm³/mol. The second-order valence-corrected chi connectivity index (χ2v) is 0.289. The predicted octanol–water partition coefficient (Wildman–Crippen LogP) is 0.801. The van der Waals surface area contributed by atoms with E-state index in [4.69, 9.17) is 0 Å².